The third-order valence-electron chi connectivity index (χ3n) is 8.82. The zero-order valence-electron chi connectivity index (χ0n) is 21.0. The zero-order valence-corrected chi connectivity index (χ0v) is 21.0. The minimum absolute atomic E-state index is 0.152. The lowest BCUT2D eigenvalue weighted by Gasteiger charge is -2.45. The maximum atomic E-state index is 6.47. The Balaban J connectivity index is 1.43. The van der Waals surface area contributed by atoms with Gasteiger partial charge in [0, 0.05) is 28.3 Å². The van der Waals surface area contributed by atoms with Crippen molar-refractivity contribution in [3.63, 3.8) is 0 Å². The van der Waals surface area contributed by atoms with Crippen molar-refractivity contribution in [1.29, 1.82) is 0 Å². The Hall–Kier alpha value is -4.44. The van der Waals surface area contributed by atoms with Crippen LogP contribution >= 0.6 is 0 Å². The highest BCUT2D eigenvalue weighted by atomic mass is 16.5. The summed E-state index contributed by atoms with van der Waals surface area (Å²) in [5.74, 6) is 0.960. The average molecular weight is 488 g/mol. The third kappa shape index (κ3) is 2.60. The molecule has 0 spiro atoms. The Morgan fingerprint density at radius 1 is 0.526 bits per heavy atom. The van der Waals surface area contributed by atoms with Crippen LogP contribution in [0.15, 0.2) is 103 Å². The van der Waals surface area contributed by atoms with Crippen molar-refractivity contribution >= 4 is 57.2 Å². The summed E-state index contributed by atoms with van der Waals surface area (Å²) in [7, 11) is 0. The van der Waals surface area contributed by atoms with Crippen LogP contribution in [0.3, 0.4) is 0 Å². The Labute approximate surface area is 223 Å². The SMILES string of the molecule is c1ccc2c(c1)CCCc1cccc3c1N2c1cccc2c1B3c1cccc3c1N2c1ccccc1CO3. The van der Waals surface area contributed by atoms with E-state index in [2.05, 4.69) is 113 Å². The second kappa shape index (κ2) is 7.55. The van der Waals surface area contributed by atoms with Crippen molar-refractivity contribution < 1.29 is 4.74 Å². The Morgan fingerprint density at radius 3 is 1.95 bits per heavy atom. The molecule has 0 bridgehead atoms. The van der Waals surface area contributed by atoms with Crippen LogP contribution in [-0.2, 0) is 19.4 Å². The van der Waals surface area contributed by atoms with Crippen molar-refractivity contribution in [1.82, 2.24) is 0 Å². The van der Waals surface area contributed by atoms with E-state index in [1.807, 2.05) is 0 Å². The van der Waals surface area contributed by atoms with Gasteiger partial charge in [-0.05, 0) is 77.1 Å². The first kappa shape index (κ1) is 20.6. The minimum Gasteiger partial charge on any atom is -0.487 e. The van der Waals surface area contributed by atoms with Crippen LogP contribution in [0.25, 0.3) is 0 Å². The van der Waals surface area contributed by atoms with Crippen molar-refractivity contribution in [3.8, 4) is 5.75 Å². The molecular formula is C34H25BN2O. The lowest BCUT2D eigenvalue weighted by atomic mass is 9.33. The molecule has 3 nitrogen and oxygen atoms in total. The fourth-order valence-electron chi connectivity index (χ4n) is 7.31. The van der Waals surface area contributed by atoms with E-state index in [1.54, 1.807) is 0 Å². The van der Waals surface area contributed by atoms with E-state index in [0.717, 1.165) is 25.0 Å². The van der Waals surface area contributed by atoms with Crippen molar-refractivity contribution in [2.75, 3.05) is 9.80 Å². The summed E-state index contributed by atoms with van der Waals surface area (Å²) in [5.41, 5.74) is 15.8. The van der Waals surface area contributed by atoms with E-state index >= 15 is 0 Å². The van der Waals surface area contributed by atoms with E-state index in [1.165, 1.54) is 67.2 Å². The van der Waals surface area contributed by atoms with E-state index in [9.17, 15) is 0 Å². The maximum Gasteiger partial charge on any atom is 0.252 e. The van der Waals surface area contributed by atoms with Crippen molar-refractivity contribution in [2.45, 2.75) is 25.9 Å². The number of hydrogen-bond acceptors (Lipinski definition) is 3. The number of para-hydroxylation sites is 4. The molecule has 0 aromatic heterocycles. The molecule has 0 saturated carbocycles. The summed E-state index contributed by atoms with van der Waals surface area (Å²) in [6.07, 6.45) is 3.35. The second-order valence-electron chi connectivity index (χ2n) is 10.8. The monoisotopic (exact) mass is 488 g/mol. The normalized spacial score (nSPS) is 15.5. The first-order valence-electron chi connectivity index (χ1n) is 13.6. The Kier molecular flexibility index (Phi) is 4.09. The molecule has 0 amide bonds. The van der Waals surface area contributed by atoms with Crippen molar-refractivity contribution in [3.05, 3.63) is 120 Å². The summed E-state index contributed by atoms with van der Waals surface area (Å²) in [6.45, 7) is 0.724. The molecule has 4 heterocycles. The number of hydrogen-bond donors (Lipinski definition) is 0. The number of ether oxygens (including phenoxy) is 1. The summed E-state index contributed by atoms with van der Waals surface area (Å²) in [6, 6.07) is 38.2. The zero-order chi connectivity index (χ0) is 24.8. The molecular weight excluding hydrogens is 463 g/mol. The standard InChI is InChI=1S/C34H25BN2O/c1-3-16-27-22(9-1)11-5-12-23-13-6-14-25-33(23)36(27)29-18-8-19-30-32(29)35(25)26-15-7-20-31-34(26)37(30)28-17-4-2-10-24(28)21-38-31/h1-4,6-10,13-20H,5,11-12,21H2. The second-order valence-corrected chi connectivity index (χ2v) is 10.8. The van der Waals surface area contributed by atoms with E-state index in [-0.39, 0.29) is 6.71 Å². The molecule has 0 N–H and O–H groups in total. The van der Waals surface area contributed by atoms with Crippen molar-refractivity contribution in [2.24, 2.45) is 0 Å². The minimum atomic E-state index is 0.152. The van der Waals surface area contributed by atoms with Gasteiger partial charge in [-0.3, -0.25) is 0 Å². The van der Waals surface area contributed by atoms with Crippen LogP contribution < -0.4 is 30.9 Å². The fourth-order valence-corrected chi connectivity index (χ4v) is 7.31. The first-order chi connectivity index (χ1) is 18.9. The van der Waals surface area contributed by atoms with Crippen LogP contribution in [0.2, 0.25) is 0 Å². The fraction of sp³-hybridized carbons (Fsp3) is 0.118. The van der Waals surface area contributed by atoms with Gasteiger partial charge in [-0.2, -0.15) is 0 Å². The van der Waals surface area contributed by atoms with E-state index in [0.29, 0.717) is 6.61 Å². The number of fused-ring (bicyclic) bond motifs is 8. The van der Waals surface area contributed by atoms with Crippen LogP contribution in [0.1, 0.15) is 23.1 Å². The number of aryl methyl sites for hydroxylation is 2. The highest BCUT2D eigenvalue weighted by Crippen LogP contribution is 2.49. The average Bonchev–Trinajstić information content (AvgIpc) is 3.12. The molecule has 5 aromatic carbocycles. The van der Waals surface area contributed by atoms with Gasteiger partial charge in [-0.1, -0.05) is 72.8 Å². The first-order valence-corrected chi connectivity index (χ1v) is 13.6. The quantitative estimate of drug-likeness (QED) is 0.238. The van der Waals surface area contributed by atoms with Gasteiger partial charge in [-0.25, -0.2) is 0 Å². The molecule has 0 aliphatic carbocycles. The summed E-state index contributed by atoms with van der Waals surface area (Å²) >= 11 is 0. The van der Waals surface area contributed by atoms with Gasteiger partial charge in [0.1, 0.15) is 12.4 Å². The molecule has 180 valence electrons. The molecule has 0 fully saturated rings. The van der Waals surface area contributed by atoms with E-state index in [4.69, 9.17) is 4.74 Å². The number of anilines is 6. The lowest BCUT2D eigenvalue weighted by molar-refractivity contribution is 0.311. The highest BCUT2D eigenvalue weighted by molar-refractivity contribution is 7.00. The maximum absolute atomic E-state index is 6.47. The van der Waals surface area contributed by atoms with Gasteiger partial charge >= 0.3 is 0 Å². The number of nitrogens with zero attached hydrogens (tertiary/aromatic N) is 2. The predicted octanol–water partition coefficient (Wildman–Crippen LogP) is 6.15. The van der Waals surface area contributed by atoms with Crippen LogP contribution in [0, 0.1) is 0 Å². The third-order valence-corrected chi connectivity index (χ3v) is 8.82. The predicted molar refractivity (Wildman–Crippen MR) is 157 cm³/mol. The lowest BCUT2D eigenvalue weighted by Crippen LogP contribution is -2.61. The van der Waals surface area contributed by atoms with Gasteiger partial charge in [0.05, 0.1) is 11.4 Å². The smallest absolute Gasteiger partial charge is 0.252 e. The summed E-state index contributed by atoms with van der Waals surface area (Å²) in [5, 5.41) is 0. The molecule has 4 aliphatic heterocycles. The van der Waals surface area contributed by atoms with Crippen LogP contribution in [0.4, 0.5) is 34.1 Å². The topological polar surface area (TPSA) is 15.7 Å². The molecule has 38 heavy (non-hydrogen) atoms. The number of rotatable bonds is 0. The van der Waals surface area contributed by atoms with Gasteiger partial charge in [0.25, 0.3) is 6.71 Å². The van der Waals surface area contributed by atoms with Gasteiger partial charge < -0.3 is 14.5 Å². The molecule has 4 heteroatoms. The Morgan fingerprint density at radius 2 is 1.11 bits per heavy atom. The molecule has 0 atom stereocenters. The summed E-state index contributed by atoms with van der Waals surface area (Å²) in [4.78, 5) is 5.04. The summed E-state index contributed by atoms with van der Waals surface area (Å²) < 4.78 is 6.47. The molecule has 0 unspecified atom stereocenters. The van der Waals surface area contributed by atoms with Crippen LogP contribution in [0.5, 0.6) is 5.75 Å². The van der Waals surface area contributed by atoms with Gasteiger partial charge in [0.15, 0.2) is 0 Å². The van der Waals surface area contributed by atoms with Crippen LogP contribution in [-0.4, -0.2) is 6.71 Å². The largest absolute Gasteiger partial charge is 0.487 e. The molecule has 4 aliphatic rings. The highest BCUT2D eigenvalue weighted by Gasteiger charge is 2.45. The van der Waals surface area contributed by atoms with E-state index < -0.39 is 0 Å². The molecule has 5 aromatic rings. The molecule has 9 rings (SSSR count). The van der Waals surface area contributed by atoms with Gasteiger partial charge in [-0.15, -0.1) is 0 Å². The van der Waals surface area contributed by atoms with Gasteiger partial charge in [0.2, 0.25) is 0 Å². The Bertz CT molecular complexity index is 1790. The number of benzene rings is 5. The molecule has 0 saturated heterocycles. The molecule has 0 radical (unpaired) electrons.